The lowest BCUT2D eigenvalue weighted by atomic mass is 10.3. The van der Waals surface area contributed by atoms with Crippen molar-refractivity contribution in [3.63, 3.8) is 0 Å². The van der Waals surface area contributed by atoms with Crippen molar-refractivity contribution in [3.05, 3.63) is 24.3 Å². The van der Waals surface area contributed by atoms with Gasteiger partial charge in [0.05, 0.1) is 13.7 Å². The fourth-order valence-corrected chi connectivity index (χ4v) is 1.39. The van der Waals surface area contributed by atoms with Crippen molar-refractivity contribution in [2.24, 2.45) is 0 Å². The van der Waals surface area contributed by atoms with Crippen molar-refractivity contribution in [3.8, 4) is 23.5 Å². The number of anilines is 1. The van der Waals surface area contributed by atoms with Gasteiger partial charge in [0.1, 0.15) is 0 Å². The summed E-state index contributed by atoms with van der Waals surface area (Å²) in [5.41, 5.74) is 5.56. The topological polar surface area (TPSA) is 92.4 Å². The Morgan fingerprint density at radius 2 is 1.74 bits per heavy atom. The van der Waals surface area contributed by atoms with Crippen LogP contribution in [-0.4, -0.2) is 28.7 Å². The van der Waals surface area contributed by atoms with Crippen LogP contribution in [0, 0.1) is 0 Å². The fraction of sp³-hybridized carbons (Fsp3) is 0.250. The van der Waals surface area contributed by atoms with E-state index in [2.05, 4.69) is 15.0 Å². The number of benzene rings is 1. The van der Waals surface area contributed by atoms with Gasteiger partial charge in [0.2, 0.25) is 5.95 Å². The minimum atomic E-state index is 0.0309. The molecule has 0 bridgehead atoms. The standard InChI is InChI=1S/C12H14N4O3/c1-3-18-11-14-10(13)15-12(16-11)19-9-7-5-4-6-8(9)17-2/h4-7H,3H2,1-2H3,(H2,13,14,15,16). The van der Waals surface area contributed by atoms with E-state index < -0.39 is 0 Å². The monoisotopic (exact) mass is 262 g/mol. The van der Waals surface area contributed by atoms with Gasteiger partial charge in [0.15, 0.2) is 11.5 Å². The molecular formula is C12H14N4O3. The van der Waals surface area contributed by atoms with E-state index in [-0.39, 0.29) is 18.0 Å². The van der Waals surface area contributed by atoms with Crippen LogP contribution in [0.2, 0.25) is 0 Å². The lowest BCUT2D eigenvalue weighted by molar-refractivity contribution is 0.302. The van der Waals surface area contributed by atoms with Crippen LogP contribution < -0.4 is 19.9 Å². The maximum absolute atomic E-state index is 5.56. The van der Waals surface area contributed by atoms with E-state index >= 15 is 0 Å². The molecule has 1 heterocycles. The van der Waals surface area contributed by atoms with E-state index in [1.165, 1.54) is 0 Å². The summed E-state index contributed by atoms with van der Waals surface area (Å²) in [5, 5.41) is 0. The normalized spacial score (nSPS) is 10.0. The molecule has 1 aromatic heterocycles. The molecule has 0 atom stereocenters. The Hall–Kier alpha value is -2.57. The first-order chi connectivity index (χ1) is 9.22. The minimum absolute atomic E-state index is 0.0309. The average molecular weight is 262 g/mol. The summed E-state index contributed by atoms with van der Waals surface area (Å²) in [6.45, 7) is 2.25. The zero-order valence-electron chi connectivity index (χ0n) is 10.7. The predicted octanol–water partition coefficient (Wildman–Crippen LogP) is 1.65. The number of methoxy groups -OCH3 is 1. The van der Waals surface area contributed by atoms with Gasteiger partial charge in [-0.15, -0.1) is 4.98 Å². The van der Waals surface area contributed by atoms with Gasteiger partial charge in [-0.05, 0) is 19.1 Å². The summed E-state index contributed by atoms with van der Waals surface area (Å²) in [4.78, 5) is 11.7. The number of hydrogen-bond acceptors (Lipinski definition) is 7. The first-order valence-corrected chi connectivity index (χ1v) is 5.68. The molecule has 7 heteroatoms. The Labute approximate surface area is 110 Å². The summed E-state index contributed by atoms with van der Waals surface area (Å²) in [5.74, 6) is 1.08. The van der Waals surface area contributed by atoms with Crippen molar-refractivity contribution in [1.82, 2.24) is 15.0 Å². The molecule has 0 spiro atoms. The number of para-hydroxylation sites is 2. The molecule has 0 unspecified atom stereocenters. The summed E-state index contributed by atoms with van der Waals surface area (Å²) < 4.78 is 15.9. The lowest BCUT2D eigenvalue weighted by Gasteiger charge is -2.09. The first kappa shape index (κ1) is 12.9. The summed E-state index contributed by atoms with van der Waals surface area (Å²) >= 11 is 0. The Morgan fingerprint density at radius 1 is 1.05 bits per heavy atom. The second-order valence-electron chi connectivity index (χ2n) is 3.44. The number of aromatic nitrogens is 3. The number of ether oxygens (including phenoxy) is 3. The van der Waals surface area contributed by atoms with Gasteiger partial charge in [-0.25, -0.2) is 0 Å². The number of rotatable bonds is 5. The highest BCUT2D eigenvalue weighted by atomic mass is 16.5. The molecule has 0 saturated heterocycles. The molecule has 0 radical (unpaired) electrons. The first-order valence-electron chi connectivity index (χ1n) is 5.68. The molecular weight excluding hydrogens is 248 g/mol. The highest BCUT2D eigenvalue weighted by molar-refractivity contribution is 5.41. The highest BCUT2D eigenvalue weighted by Crippen LogP contribution is 2.29. The van der Waals surface area contributed by atoms with E-state index in [4.69, 9.17) is 19.9 Å². The highest BCUT2D eigenvalue weighted by Gasteiger charge is 2.10. The molecule has 0 aliphatic rings. The van der Waals surface area contributed by atoms with Crippen LogP contribution in [0.4, 0.5) is 5.95 Å². The van der Waals surface area contributed by atoms with E-state index in [1.54, 1.807) is 19.2 Å². The van der Waals surface area contributed by atoms with Crippen LogP contribution >= 0.6 is 0 Å². The number of nitrogens with two attached hydrogens (primary N) is 1. The Morgan fingerprint density at radius 3 is 2.42 bits per heavy atom. The molecule has 2 aromatic rings. The third kappa shape index (κ3) is 3.21. The summed E-state index contributed by atoms with van der Waals surface area (Å²) in [6, 6.07) is 7.33. The van der Waals surface area contributed by atoms with Gasteiger partial charge < -0.3 is 19.9 Å². The fourth-order valence-electron chi connectivity index (χ4n) is 1.39. The SMILES string of the molecule is CCOc1nc(N)nc(Oc2ccccc2OC)n1. The lowest BCUT2D eigenvalue weighted by Crippen LogP contribution is -2.05. The van der Waals surface area contributed by atoms with E-state index in [9.17, 15) is 0 Å². The molecule has 100 valence electrons. The van der Waals surface area contributed by atoms with Crippen LogP contribution in [0.5, 0.6) is 23.5 Å². The van der Waals surface area contributed by atoms with Crippen LogP contribution in [-0.2, 0) is 0 Å². The summed E-state index contributed by atoms with van der Waals surface area (Å²) in [6.07, 6.45) is 0. The quantitative estimate of drug-likeness (QED) is 0.875. The van der Waals surface area contributed by atoms with Crippen molar-refractivity contribution >= 4 is 5.95 Å². The van der Waals surface area contributed by atoms with Crippen LogP contribution in [0.1, 0.15) is 6.92 Å². The predicted molar refractivity (Wildman–Crippen MR) is 68.5 cm³/mol. The molecule has 7 nitrogen and oxygen atoms in total. The zero-order chi connectivity index (χ0) is 13.7. The van der Waals surface area contributed by atoms with Crippen molar-refractivity contribution in [1.29, 1.82) is 0 Å². The molecule has 0 aliphatic carbocycles. The van der Waals surface area contributed by atoms with Gasteiger partial charge in [0.25, 0.3) is 0 Å². The third-order valence-corrected chi connectivity index (χ3v) is 2.16. The molecule has 0 amide bonds. The second kappa shape index (κ2) is 5.85. The molecule has 0 aliphatic heterocycles. The molecule has 2 N–H and O–H groups in total. The molecule has 0 fully saturated rings. The second-order valence-corrected chi connectivity index (χ2v) is 3.44. The molecule has 1 aromatic carbocycles. The number of nitrogen functional groups attached to an aromatic ring is 1. The largest absolute Gasteiger partial charge is 0.493 e. The maximum Gasteiger partial charge on any atom is 0.330 e. The molecule has 2 rings (SSSR count). The average Bonchev–Trinajstić information content (AvgIpc) is 2.39. The Kier molecular flexibility index (Phi) is 3.97. The van der Waals surface area contributed by atoms with Crippen LogP contribution in [0.15, 0.2) is 24.3 Å². The minimum Gasteiger partial charge on any atom is -0.493 e. The van der Waals surface area contributed by atoms with Crippen molar-refractivity contribution in [2.45, 2.75) is 6.92 Å². The zero-order valence-corrected chi connectivity index (χ0v) is 10.7. The van der Waals surface area contributed by atoms with Crippen molar-refractivity contribution < 1.29 is 14.2 Å². The van der Waals surface area contributed by atoms with Gasteiger partial charge in [-0.1, -0.05) is 12.1 Å². The Bertz CT molecular complexity index is 562. The van der Waals surface area contributed by atoms with Gasteiger partial charge >= 0.3 is 12.0 Å². The van der Waals surface area contributed by atoms with E-state index in [0.717, 1.165) is 0 Å². The van der Waals surface area contributed by atoms with Gasteiger partial charge in [-0.2, -0.15) is 9.97 Å². The van der Waals surface area contributed by atoms with Crippen LogP contribution in [0.3, 0.4) is 0 Å². The maximum atomic E-state index is 5.56. The molecule has 0 saturated carbocycles. The van der Waals surface area contributed by atoms with Gasteiger partial charge in [-0.3, -0.25) is 0 Å². The molecule has 19 heavy (non-hydrogen) atoms. The van der Waals surface area contributed by atoms with Crippen LogP contribution in [0.25, 0.3) is 0 Å². The summed E-state index contributed by atoms with van der Waals surface area (Å²) in [7, 11) is 1.55. The third-order valence-electron chi connectivity index (χ3n) is 2.16. The smallest absolute Gasteiger partial charge is 0.330 e. The van der Waals surface area contributed by atoms with Gasteiger partial charge in [0, 0.05) is 0 Å². The van der Waals surface area contributed by atoms with E-state index in [0.29, 0.717) is 18.1 Å². The Balaban J connectivity index is 2.27. The number of nitrogens with zero attached hydrogens (tertiary/aromatic N) is 3. The number of hydrogen-bond donors (Lipinski definition) is 1. The van der Waals surface area contributed by atoms with Crippen molar-refractivity contribution in [2.75, 3.05) is 19.5 Å². The van der Waals surface area contributed by atoms with E-state index in [1.807, 2.05) is 19.1 Å².